The van der Waals surface area contributed by atoms with E-state index >= 15 is 0 Å². The van der Waals surface area contributed by atoms with Crippen LogP contribution in [0.3, 0.4) is 0 Å². The van der Waals surface area contributed by atoms with Crippen molar-refractivity contribution in [2.45, 2.75) is 103 Å². The molecule has 312 valence electrons. The Morgan fingerprint density at radius 1 is 1.07 bits per heavy atom. The minimum atomic E-state index is -1.34. The van der Waals surface area contributed by atoms with Crippen molar-refractivity contribution in [1.29, 1.82) is 0 Å². The standard InChI is InChI=1S/C42H59N5O10/c1-26(2)36-40(53)44-37(30-17-13-18-31(49)25-30)41(54)47-24-14-19-33(45-47)42(55)57-34(27(3)16-12-21-35(50)46(6)56-7)20-11-9-8-10-15-28(4)38(51)32(39(52)43-36)23-22-29(5)48/h8-13,16-18,21,25-26,28,32-34,36-38,45,49,51H,14-15,19-20,22-24H2,1-7H3,(H,43,52)(H,44,53)/b10-8+,11-9+,21-12+,27-16+/t28-,32+,33?,34-,36-,37?,38+/m0/s1. The Hall–Kier alpha value is -5.12. The lowest BCUT2D eigenvalue weighted by Crippen LogP contribution is -2.59. The van der Waals surface area contributed by atoms with Crippen molar-refractivity contribution in [3.63, 3.8) is 0 Å². The number of rotatable bonds is 9. The summed E-state index contributed by atoms with van der Waals surface area (Å²) in [6.07, 6.45) is 11.3. The number of ketones is 1. The van der Waals surface area contributed by atoms with Gasteiger partial charge in [0.1, 0.15) is 35.8 Å². The minimum Gasteiger partial charge on any atom is -0.508 e. The number of carbonyl (C=O) groups is 6. The number of likely N-dealkylation sites (N-methyl/N-ethyl adjacent to an activating group) is 1. The van der Waals surface area contributed by atoms with Crippen LogP contribution in [0.5, 0.6) is 5.75 Å². The van der Waals surface area contributed by atoms with Crippen LogP contribution in [-0.4, -0.2) is 101 Å². The number of phenols is 1. The number of hydrazine groups is 1. The van der Waals surface area contributed by atoms with Gasteiger partial charge >= 0.3 is 5.97 Å². The van der Waals surface area contributed by atoms with E-state index in [4.69, 9.17) is 9.57 Å². The lowest BCUT2D eigenvalue weighted by molar-refractivity contribution is -0.162. The Kier molecular flexibility index (Phi) is 18.3. The number of esters is 1. The highest BCUT2D eigenvalue weighted by molar-refractivity contribution is 5.93. The highest BCUT2D eigenvalue weighted by atomic mass is 16.7. The predicted molar refractivity (Wildman–Crippen MR) is 212 cm³/mol. The van der Waals surface area contributed by atoms with E-state index in [1.165, 1.54) is 56.4 Å². The molecule has 15 heteroatoms. The Bertz CT molecular complexity index is 1700. The van der Waals surface area contributed by atoms with Crippen molar-refractivity contribution in [2.24, 2.45) is 17.8 Å². The molecule has 1 fully saturated rings. The molecule has 0 aliphatic carbocycles. The summed E-state index contributed by atoms with van der Waals surface area (Å²) in [6, 6.07) is 2.45. The van der Waals surface area contributed by atoms with Crippen molar-refractivity contribution in [2.75, 3.05) is 20.7 Å². The van der Waals surface area contributed by atoms with Crippen molar-refractivity contribution in [3.05, 3.63) is 77.9 Å². The number of amides is 4. The van der Waals surface area contributed by atoms with E-state index in [-0.39, 0.29) is 42.9 Å². The number of hydrogen-bond donors (Lipinski definition) is 5. The zero-order chi connectivity index (χ0) is 42.2. The summed E-state index contributed by atoms with van der Waals surface area (Å²) in [4.78, 5) is 85.0. The van der Waals surface area contributed by atoms with Gasteiger partial charge in [-0.3, -0.25) is 33.8 Å². The maximum atomic E-state index is 14.3. The number of hydroxylamine groups is 2. The molecule has 1 aromatic rings. The molecule has 1 aromatic carbocycles. The molecule has 2 aliphatic rings. The summed E-state index contributed by atoms with van der Waals surface area (Å²) in [5.41, 5.74) is 3.88. The van der Waals surface area contributed by atoms with Gasteiger partial charge in [0.2, 0.25) is 11.8 Å². The maximum Gasteiger partial charge on any atom is 0.325 e. The van der Waals surface area contributed by atoms with Crippen molar-refractivity contribution in [1.82, 2.24) is 26.1 Å². The van der Waals surface area contributed by atoms with Gasteiger partial charge in [-0.1, -0.05) is 69.4 Å². The molecule has 2 heterocycles. The van der Waals surface area contributed by atoms with E-state index in [2.05, 4.69) is 16.1 Å². The number of cyclic esters (lactones) is 1. The van der Waals surface area contributed by atoms with E-state index in [0.717, 1.165) is 5.06 Å². The van der Waals surface area contributed by atoms with E-state index in [1.54, 1.807) is 52.0 Å². The van der Waals surface area contributed by atoms with E-state index < -0.39 is 77.7 Å². The monoisotopic (exact) mass is 793 g/mol. The zero-order valence-corrected chi connectivity index (χ0v) is 34.0. The quantitative estimate of drug-likeness (QED) is 0.106. The SMILES string of the molecule is CON(C)C(=O)/C=C/C=C(\C)[C@@H]1C/C=C/C=C/C[C@H](C)[C@@H](O)[C@@H](CCC(C)=O)C(=O)N[C@@H](C(C)C)C(=O)NC(c2cccc(O)c2)C(=O)N2CCCC(N2)C(=O)O1. The van der Waals surface area contributed by atoms with Crippen LogP contribution in [0.15, 0.2) is 72.4 Å². The van der Waals surface area contributed by atoms with E-state index in [1.807, 2.05) is 12.2 Å². The fourth-order valence-electron chi connectivity index (χ4n) is 6.43. The average Bonchev–Trinajstić information content (AvgIpc) is 3.18. The first kappa shape index (κ1) is 46.3. The molecule has 4 amide bonds. The number of Topliss-reactive ketones (excluding diaryl/α,β-unsaturated/α-hetero) is 1. The summed E-state index contributed by atoms with van der Waals surface area (Å²) in [5.74, 6) is -5.10. The number of aliphatic hydroxyl groups is 1. The van der Waals surface area contributed by atoms with Crippen LogP contribution in [0.25, 0.3) is 0 Å². The molecule has 7 atom stereocenters. The fourth-order valence-corrected chi connectivity index (χ4v) is 6.43. The number of phenolic OH excluding ortho intramolecular Hbond substituents is 1. The van der Waals surface area contributed by atoms with Crippen LogP contribution in [0.4, 0.5) is 0 Å². The largest absolute Gasteiger partial charge is 0.508 e. The van der Waals surface area contributed by atoms with E-state index in [0.29, 0.717) is 24.8 Å². The molecule has 3 rings (SSSR count). The Morgan fingerprint density at radius 3 is 2.42 bits per heavy atom. The third-order valence-corrected chi connectivity index (χ3v) is 10.0. The van der Waals surface area contributed by atoms with Crippen LogP contribution in [-0.2, 0) is 38.3 Å². The molecule has 2 bridgehead atoms. The van der Waals surface area contributed by atoms with Crippen LogP contribution in [0.2, 0.25) is 0 Å². The second-order valence-corrected chi connectivity index (χ2v) is 14.9. The smallest absolute Gasteiger partial charge is 0.325 e. The molecule has 0 spiro atoms. The molecule has 2 aliphatic heterocycles. The topological polar surface area (TPSA) is 204 Å². The van der Waals surface area contributed by atoms with Crippen LogP contribution >= 0.6 is 0 Å². The summed E-state index contributed by atoms with van der Waals surface area (Å²) in [6.45, 7) is 8.60. The number of fused-ring (bicyclic) bond motifs is 2. The van der Waals surface area contributed by atoms with Gasteiger partial charge in [0, 0.05) is 32.5 Å². The molecule has 5 N–H and O–H groups in total. The Balaban J connectivity index is 2.06. The number of nitrogens with zero attached hydrogens (tertiary/aromatic N) is 2. The molecular weight excluding hydrogens is 734 g/mol. The second kappa shape index (κ2) is 22.6. The van der Waals surface area contributed by atoms with Gasteiger partial charge in [0.05, 0.1) is 19.1 Å². The Morgan fingerprint density at radius 2 is 1.77 bits per heavy atom. The van der Waals surface area contributed by atoms with Gasteiger partial charge in [-0.05, 0) is 74.6 Å². The average molecular weight is 794 g/mol. The molecule has 0 saturated carbocycles. The van der Waals surface area contributed by atoms with Crippen LogP contribution < -0.4 is 16.1 Å². The number of benzene rings is 1. The van der Waals surface area contributed by atoms with Gasteiger partial charge in [0.25, 0.3) is 11.8 Å². The molecule has 0 radical (unpaired) electrons. The van der Waals surface area contributed by atoms with Crippen molar-refractivity contribution in [3.8, 4) is 5.75 Å². The number of ether oxygens (including phenoxy) is 1. The highest BCUT2D eigenvalue weighted by Gasteiger charge is 2.38. The summed E-state index contributed by atoms with van der Waals surface area (Å²) < 4.78 is 6.01. The van der Waals surface area contributed by atoms with Gasteiger partial charge in [-0.15, -0.1) is 0 Å². The number of carbonyl (C=O) groups excluding carboxylic acids is 6. The fraction of sp³-hybridized carbons (Fsp3) is 0.524. The lowest BCUT2D eigenvalue weighted by atomic mass is 9.85. The lowest BCUT2D eigenvalue weighted by Gasteiger charge is -2.36. The first-order valence-electron chi connectivity index (χ1n) is 19.4. The maximum absolute atomic E-state index is 14.3. The molecule has 2 unspecified atom stereocenters. The van der Waals surface area contributed by atoms with Gasteiger partial charge in [-0.25, -0.2) is 10.5 Å². The Labute approximate surface area is 335 Å². The molecule has 1 saturated heterocycles. The zero-order valence-electron chi connectivity index (χ0n) is 34.0. The second-order valence-electron chi connectivity index (χ2n) is 14.9. The van der Waals surface area contributed by atoms with Crippen molar-refractivity contribution < 1.29 is 48.6 Å². The number of hydrogen-bond acceptors (Lipinski definition) is 11. The number of allylic oxidation sites excluding steroid dienone is 5. The number of aromatic hydroxyl groups is 1. The van der Waals surface area contributed by atoms with Crippen LogP contribution in [0, 0.1) is 17.8 Å². The van der Waals surface area contributed by atoms with Gasteiger partial charge in [-0.2, -0.15) is 0 Å². The predicted octanol–water partition coefficient (Wildman–Crippen LogP) is 3.51. The van der Waals surface area contributed by atoms with Gasteiger partial charge < -0.3 is 30.4 Å². The molecular formula is C42H59N5O10. The molecule has 15 nitrogen and oxygen atoms in total. The summed E-state index contributed by atoms with van der Waals surface area (Å²) in [7, 11) is 2.84. The minimum absolute atomic E-state index is 0.0484. The van der Waals surface area contributed by atoms with Crippen molar-refractivity contribution >= 4 is 35.4 Å². The summed E-state index contributed by atoms with van der Waals surface area (Å²) >= 11 is 0. The number of nitrogens with one attached hydrogen (secondary N) is 3. The third kappa shape index (κ3) is 14.1. The van der Waals surface area contributed by atoms with E-state index in [9.17, 15) is 39.0 Å². The number of aliphatic hydroxyl groups excluding tert-OH is 1. The van der Waals surface area contributed by atoms with Crippen LogP contribution in [0.1, 0.15) is 84.7 Å². The normalized spacial score (nSPS) is 27.4. The third-order valence-electron chi connectivity index (χ3n) is 10.0. The first-order valence-corrected chi connectivity index (χ1v) is 19.4. The summed E-state index contributed by atoms with van der Waals surface area (Å²) in [5, 5.41) is 29.6. The molecule has 57 heavy (non-hydrogen) atoms. The first-order chi connectivity index (χ1) is 27.0. The highest BCUT2D eigenvalue weighted by Crippen LogP contribution is 2.25. The van der Waals surface area contributed by atoms with Gasteiger partial charge in [0.15, 0.2) is 0 Å². The molecule has 0 aromatic heterocycles.